The van der Waals surface area contributed by atoms with Gasteiger partial charge >= 0.3 is 0 Å². The van der Waals surface area contributed by atoms with E-state index in [2.05, 4.69) is 21.2 Å². The summed E-state index contributed by atoms with van der Waals surface area (Å²) in [5, 5.41) is 22.8. The summed E-state index contributed by atoms with van der Waals surface area (Å²) in [6.45, 7) is 0. The summed E-state index contributed by atoms with van der Waals surface area (Å²) in [4.78, 5) is 22.0. The molecule has 0 bridgehead atoms. The van der Waals surface area contributed by atoms with Crippen LogP contribution in [0.4, 0.5) is 11.4 Å². The lowest BCUT2D eigenvalue weighted by Gasteiger charge is -2.07. The van der Waals surface area contributed by atoms with Gasteiger partial charge in [0.15, 0.2) is 0 Å². The van der Waals surface area contributed by atoms with E-state index in [9.17, 15) is 20.0 Å². The molecular formula is C14H11BrN2O4. The summed E-state index contributed by atoms with van der Waals surface area (Å²) in [5.41, 5.74) is 0.610. The third-order valence-electron chi connectivity index (χ3n) is 2.74. The van der Waals surface area contributed by atoms with Crippen LogP contribution in [0.3, 0.4) is 0 Å². The molecule has 0 aromatic heterocycles. The van der Waals surface area contributed by atoms with Crippen LogP contribution in [0.15, 0.2) is 46.9 Å². The van der Waals surface area contributed by atoms with E-state index in [-0.39, 0.29) is 29.5 Å². The van der Waals surface area contributed by atoms with Crippen LogP contribution < -0.4 is 5.32 Å². The number of amides is 1. The number of benzene rings is 2. The van der Waals surface area contributed by atoms with E-state index in [0.29, 0.717) is 0 Å². The number of anilines is 1. The topological polar surface area (TPSA) is 92.5 Å². The highest BCUT2D eigenvalue weighted by Gasteiger charge is 2.12. The molecule has 6 nitrogen and oxygen atoms in total. The van der Waals surface area contributed by atoms with Crippen LogP contribution in [0.2, 0.25) is 0 Å². The Hall–Kier alpha value is -2.41. The Morgan fingerprint density at radius 3 is 2.52 bits per heavy atom. The van der Waals surface area contributed by atoms with Gasteiger partial charge in [-0.15, -0.1) is 0 Å². The lowest BCUT2D eigenvalue weighted by atomic mass is 10.1. The number of halogens is 1. The Morgan fingerprint density at radius 1 is 1.24 bits per heavy atom. The average molecular weight is 351 g/mol. The molecule has 0 unspecified atom stereocenters. The van der Waals surface area contributed by atoms with Crippen LogP contribution >= 0.6 is 15.9 Å². The highest BCUT2D eigenvalue weighted by Crippen LogP contribution is 2.27. The van der Waals surface area contributed by atoms with Gasteiger partial charge in [-0.3, -0.25) is 14.9 Å². The van der Waals surface area contributed by atoms with E-state index >= 15 is 0 Å². The maximum atomic E-state index is 11.9. The fraction of sp³-hybridized carbons (Fsp3) is 0.0714. The van der Waals surface area contributed by atoms with E-state index < -0.39 is 4.92 Å². The highest BCUT2D eigenvalue weighted by atomic mass is 79.9. The number of nitro benzene ring substituents is 1. The molecule has 0 heterocycles. The average Bonchev–Trinajstić information content (AvgIpc) is 2.43. The first-order valence-electron chi connectivity index (χ1n) is 5.97. The van der Waals surface area contributed by atoms with E-state index in [1.165, 1.54) is 12.1 Å². The Kier molecular flexibility index (Phi) is 4.54. The fourth-order valence-electron chi connectivity index (χ4n) is 1.72. The summed E-state index contributed by atoms with van der Waals surface area (Å²) >= 11 is 3.30. The molecule has 2 rings (SSSR count). The second kappa shape index (κ2) is 6.36. The van der Waals surface area contributed by atoms with Crippen molar-refractivity contribution in [1.29, 1.82) is 0 Å². The first-order chi connectivity index (χ1) is 9.95. The van der Waals surface area contributed by atoms with Crippen molar-refractivity contribution < 1.29 is 14.8 Å². The number of non-ortho nitro benzene ring substituents is 1. The SMILES string of the molecule is O=C(Cc1ccc(Br)cc1)Nc1cc([N+](=O)[O-])ccc1O. The van der Waals surface area contributed by atoms with Gasteiger partial charge in [0.2, 0.25) is 5.91 Å². The van der Waals surface area contributed by atoms with Crippen LogP contribution in [0.1, 0.15) is 5.56 Å². The monoisotopic (exact) mass is 350 g/mol. The Labute approximate surface area is 128 Å². The fourth-order valence-corrected chi connectivity index (χ4v) is 1.98. The zero-order valence-electron chi connectivity index (χ0n) is 10.7. The van der Waals surface area contributed by atoms with Gasteiger partial charge in [0.05, 0.1) is 17.0 Å². The van der Waals surface area contributed by atoms with Crippen LogP contribution in [-0.2, 0) is 11.2 Å². The number of carbonyl (C=O) groups is 1. The lowest BCUT2D eigenvalue weighted by Crippen LogP contribution is -2.14. The number of phenols is 1. The van der Waals surface area contributed by atoms with Crippen molar-refractivity contribution in [2.75, 3.05) is 5.32 Å². The van der Waals surface area contributed by atoms with Gasteiger partial charge in [0.1, 0.15) is 5.75 Å². The molecule has 0 aliphatic rings. The molecule has 0 fully saturated rings. The second-order valence-electron chi connectivity index (χ2n) is 4.31. The van der Waals surface area contributed by atoms with Gasteiger partial charge in [-0.05, 0) is 23.8 Å². The van der Waals surface area contributed by atoms with E-state index in [1.54, 1.807) is 12.1 Å². The van der Waals surface area contributed by atoms with Crippen LogP contribution in [0.25, 0.3) is 0 Å². The minimum absolute atomic E-state index is 0.0197. The third-order valence-corrected chi connectivity index (χ3v) is 3.27. The van der Waals surface area contributed by atoms with Gasteiger partial charge in [-0.2, -0.15) is 0 Å². The van der Waals surface area contributed by atoms with Gasteiger partial charge in [0.25, 0.3) is 5.69 Å². The molecule has 0 saturated heterocycles. The molecule has 2 N–H and O–H groups in total. The molecule has 0 radical (unpaired) electrons. The third kappa shape index (κ3) is 4.03. The van der Waals surface area contributed by atoms with Crippen molar-refractivity contribution in [2.24, 2.45) is 0 Å². The second-order valence-corrected chi connectivity index (χ2v) is 5.23. The molecule has 108 valence electrons. The Bertz CT molecular complexity index is 686. The number of nitro groups is 1. The van der Waals surface area contributed by atoms with Gasteiger partial charge in [-0.25, -0.2) is 0 Å². The largest absolute Gasteiger partial charge is 0.506 e. The van der Waals surface area contributed by atoms with Crippen molar-refractivity contribution >= 4 is 33.2 Å². The van der Waals surface area contributed by atoms with Gasteiger partial charge in [0, 0.05) is 16.6 Å². The molecule has 2 aromatic rings. The number of rotatable bonds is 4. The molecule has 0 atom stereocenters. The number of aromatic hydroxyl groups is 1. The molecule has 7 heteroatoms. The Morgan fingerprint density at radius 2 is 1.90 bits per heavy atom. The molecule has 21 heavy (non-hydrogen) atoms. The number of hydrogen-bond acceptors (Lipinski definition) is 4. The summed E-state index contributed by atoms with van der Waals surface area (Å²) in [6.07, 6.45) is 0.107. The predicted molar refractivity (Wildman–Crippen MR) is 81.2 cm³/mol. The van der Waals surface area contributed by atoms with Crippen LogP contribution in [0.5, 0.6) is 5.75 Å². The number of hydrogen-bond donors (Lipinski definition) is 2. The summed E-state index contributed by atoms with van der Waals surface area (Å²) in [6, 6.07) is 10.7. The van der Waals surface area contributed by atoms with Crippen molar-refractivity contribution in [3.63, 3.8) is 0 Å². The number of nitrogens with one attached hydrogen (secondary N) is 1. The van der Waals surface area contributed by atoms with Crippen molar-refractivity contribution in [1.82, 2.24) is 0 Å². The van der Waals surface area contributed by atoms with Crippen LogP contribution in [0, 0.1) is 10.1 Å². The quantitative estimate of drug-likeness (QED) is 0.502. The van der Waals surface area contributed by atoms with Gasteiger partial charge in [-0.1, -0.05) is 28.1 Å². The normalized spacial score (nSPS) is 10.1. The van der Waals surface area contributed by atoms with Gasteiger partial charge < -0.3 is 10.4 Å². The zero-order valence-corrected chi connectivity index (χ0v) is 12.3. The minimum atomic E-state index is -0.593. The first kappa shape index (κ1) is 15.0. The van der Waals surface area contributed by atoms with E-state index in [1.807, 2.05) is 12.1 Å². The number of nitrogens with zero attached hydrogens (tertiary/aromatic N) is 1. The maximum Gasteiger partial charge on any atom is 0.271 e. The molecule has 0 aliphatic heterocycles. The number of carbonyl (C=O) groups excluding carboxylic acids is 1. The first-order valence-corrected chi connectivity index (χ1v) is 6.76. The van der Waals surface area contributed by atoms with Crippen molar-refractivity contribution in [2.45, 2.75) is 6.42 Å². The number of phenolic OH excluding ortho intramolecular Hbond substituents is 1. The van der Waals surface area contributed by atoms with E-state index in [0.717, 1.165) is 16.1 Å². The summed E-state index contributed by atoms with van der Waals surface area (Å²) < 4.78 is 0.906. The smallest absolute Gasteiger partial charge is 0.271 e. The standard InChI is InChI=1S/C14H11BrN2O4/c15-10-3-1-9(2-4-10)7-14(19)16-12-8-11(17(20)21)5-6-13(12)18/h1-6,8,18H,7H2,(H,16,19). The highest BCUT2D eigenvalue weighted by molar-refractivity contribution is 9.10. The van der Waals surface area contributed by atoms with Crippen molar-refractivity contribution in [3.05, 3.63) is 62.6 Å². The molecule has 0 aliphatic carbocycles. The lowest BCUT2D eigenvalue weighted by molar-refractivity contribution is -0.384. The molecule has 2 aromatic carbocycles. The summed E-state index contributed by atoms with van der Waals surface area (Å²) in [5.74, 6) is -0.585. The van der Waals surface area contributed by atoms with Crippen molar-refractivity contribution in [3.8, 4) is 5.75 Å². The molecular weight excluding hydrogens is 340 g/mol. The predicted octanol–water partition coefficient (Wildman–Crippen LogP) is 3.24. The van der Waals surface area contributed by atoms with Crippen LogP contribution in [-0.4, -0.2) is 15.9 Å². The minimum Gasteiger partial charge on any atom is -0.506 e. The molecule has 1 amide bonds. The summed E-state index contributed by atoms with van der Waals surface area (Å²) in [7, 11) is 0. The molecule has 0 saturated carbocycles. The maximum absolute atomic E-state index is 11.9. The Balaban J connectivity index is 2.10. The zero-order chi connectivity index (χ0) is 15.4. The van der Waals surface area contributed by atoms with E-state index in [4.69, 9.17) is 0 Å². The molecule has 0 spiro atoms.